The number of nitrogens with two attached hydrogens (primary N) is 1. The summed E-state index contributed by atoms with van der Waals surface area (Å²) in [5.41, 5.74) is -1.75. The van der Waals surface area contributed by atoms with E-state index in [1.165, 1.54) is 0 Å². The lowest BCUT2D eigenvalue weighted by molar-refractivity contribution is -0.168. The van der Waals surface area contributed by atoms with Crippen LogP contribution < -0.4 is 5.84 Å². The largest absolute Gasteiger partial charge is 0.458 e. The Kier molecular flexibility index (Phi) is 7.24. The average molecular weight is 427 g/mol. The molecule has 0 aromatic heterocycles. The summed E-state index contributed by atoms with van der Waals surface area (Å²) in [6, 6.07) is -0.756. The van der Waals surface area contributed by atoms with Gasteiger partial charge in [-0.25, -0.2) is 15.6 Å². The van der Waals surface area contributed by atoms with E-state index >= 15 is 0 Å². The van der Waals surface area contributed by atoms with Gasteiger partial charge in [-0.1, -0.05) is 27.7 Å². The Bertz CT molecular complexity index is 685. The highest BCUT2D eigenvalue weighted by Gasteiger charge is 2.58. The molecule has 2 rings (SSSR count). The number of amides is 1. The molecule has 0 spiro atoms. The first-order valence-corrected chi connectivity index (χ1v) is 10.8. The second-order valence-corrected chi connectivity index (χ2v) is 9.88. The number of fused-ring (bicyclic) bond motifs is 1. The second-order valence-electron chi connectivity index (χ2n) is 9.88. The van der Waals surface area contributed by atoms with Gasteiger partial charge in [0.2, 0.25) is 0 Å². The van der Waals surface area contributed by atoms with Gasteiger partial charge in [0.05, 0.1) is 11.5 Å². The summed E-state index contributed by atoms with van der Waals surface area (Å²) in [5, 5.41) is 0.965. The zero-order valence-corrected chi connectivity index (χ0v) is 19.6. The van der Waals surface area contributed by atoms with E-state index in [1.54, 1.807) is 27.9 Å². The summed E-state index contributed by atoms with van der Waals surface area (Å²) in [7, 11) is 1.65. The van der Waals surface area contributed by atoms with Gasteiger partial charge in [0.25, 0.3) is 0 Å². The Morgan fingerprint density at radius 2 is 1.63 bits per heavy atom. The summed E-state index contributed by atoms with van der Waals surface area (Å²) < 4.78 is 17.1. The highest BCUT2D eigenvalue weighted by Crippen LogP contribution is 2.40. The summed E-state index contributed by atoms with van der Waals surface area (Å²) in [5.74, 6) is 4.59. The molecule has 0 aromatic rings. The van der Waals surface area contributed by atoms with Crippen LogP contribution in [0.4, 0.5) is 4.79 Å². The molecule has 2 aliphatic heterocycles. The minimum absolute atomic E-state index is 0.0279. The topological polar surface area (TPSA) is 108 Å². The first kappa shape index (κ1) is 24.6. The number of ether oxygens (including phenoxy) is 3. The number of hydrogen-bond acceptors (Lipinski definition) is 7. The number of carbonyl (C=O) groups excluding carboxylic acids is 3. The number of cyclic esters (lactones) is 1. The van der Waals surface area contributed by atoms with E-state index in [1.807, 2.05) is 20.8 Å². The summed E-state index contributed by atoms with van der Waals surface area (Å²) in [4.78, 5) is 38.4. The summed E-state index contributed by atoms with van der Waals surface area (Å²) in [6.07, 6.45) is 0.392. The zero-order valence-electron chi connectivity index (χ0n) is 19.6. The van der Waals surface area contributed by atoms with Gasteiger partial charge in [0.1, 0.15) is 17.9 Å². The van der Waals surface area contributed by atoms with Gasteiger partial charge in [-0.05, 0) is 46.0 Å². The van der Waals surface area contributed by atoms with E-state index in [9.17, 15) is 14.4 Å². The highest BCUT2D eigenvalue weighted by molar-refractivity contribution is 5.85. The minimum atomic E-state index is -1.24. The third-order valence-corrected chi connectivity index (χ3v) is 7.08. The molecular formula is C22H38N2O6. The van der Waals surface area contributed by atoms with Crippen molar-refractivity contribution in [1.82, 2.24) is 5.01 Å². The Labute approximate surface area is 179 Å². The minimum Gasteiger partial charge on any atom is -0.458 e. The molecule has 172 valence electrons. The number of hydrogen-bond donors (Lipinski definition) is 1. The van der Waals surface area contributed by atoms with Gasteiger partial charge < -0.3 is 14.2 Å². The quantitative estimate of drug-likeness (QED) is 0.390. The third-order valence-electron chi connectivity index (χ3n) is 7.08. The van der Waals surface area contributed by atoms with Crippen molar-refractivity contribution >= 4 is 17.8 Å². The number of carbonyl (C=O) groups is 3. The number of hydrazine groups is 1. The SMILES string of the molecule is COC1(C)C[C@H](C)CC(C)C(=O)OC(C)[C@@]2(C)OC(=O)N(N)C2[C@@H](C)C(=O)[C@@H](C)C1. The fraction of sp³-hybridized carbons (Fsp3) is 0.864. The number of nitrogens with zero attached hydrogens (tertiary/aromatic N) is 1. The number of rotatable bonds is 1. The Morgan fingerprint density at radius 3 is 2.20 bits per heavy atom. The van der Waals surface area contributed by atoms with E-state index in [4.69, 9.17) is 20.1 Å². The fourth-order valence-electron chi connectivity index (χ4n) is 5.28. The van der Waals surface area contributed by atoms with E-state index in [0.29, 0.717) is 19.3 Å². The van der Waals surface area contributed by atoms with Crippen LogP contribution in [0.2, 0.25) is 0 Å². The predicted molar refractivity (Wildman–Crippen MR) is 111 cm³/mol. The maximum atomic E-state index is 13.3. The molecule has 2 saturated heterocycles. The van der Waals surface area contributed by atoms with Gasteiger partial charge in [0.15, 0.2) is 5.60 Å². The van der Waals surface area contributed by atoms with Gasteiger partial charge in [-0.3, -0.25) is 9.59 Å². The Morgan fingerprint density at radius 1 is 1.03 bits per heavy atom. The molecule has 0 bridgehead atoms. The van der Waals surface area contributed by atoms with Crippen LogP contribution in [0.5, 0.6) is 0 Å². The molecule has 2 N–H and O–H groups in total. The van der Waals surface area contributed by atoms with Crippen LogP contribution in [0.15, 0.2) is 0 Å². The van der Waals surface area contributed by atoms with E-state index in [2.05, 4.69) is 6.92 Å². The molecule has 0 aromatic carbocycles. The lowest BCUT2D eigenvalue weighted by Gasteiger charge is -2.40. The molecule has 0 aliphatic carbocycles. The van der Waals surface area contributed by atoms with Crippen LogP contribution in [-0.2, 0) is 23.8 Å². The van der Waals surface area contributed by atoms with Gasteiger partial charge in [0, 0.05) is 18.9 Å². The summed E-state index contributed by atoms with van der Waals surface area (Å²) in [6.45, 7) is 12.9. The monoisotopic (exact) mass is 426 g/mol. The van der Waals surface area contributed by atoms with Crippen molar-refractivity contribution in [2.24, 2.45) is 29.5 Å². The zero-order chi connectivity index (χ0) is 23.0. The number of Topliss-reactive ketones (excluding diaryl/α,β-unsaturated/α-hetero) is 1. The van der Waals surface area contributed by atoms with Crippen molar-refractivity contribution in [3.05, 3.63) is 0 Å². The molecule has 0 saturated carbocycles. The molecule has 2 heterocycles. The van der Waals surface area contributed by atoms with Crippen molar-refractivity contribution in [2.75, 3.05) is 7.11 Å². The predicted octanol–water partition coefficient (Wildman–Crippen LogP) is 3.07. The summed E-state index contributed by atoms with van der Waals surface area (Å²) >= 11 is 0. The van der Waals surface area contributed by atoms with Crippen LogP contribution in [0.1, 0.15) is 67.7 Å². The van der Waals surface area contributed by atoms with Crippen LogP contribution >= 0.6 is 0 Å². The van der Waals surface area contributed by atoms with Crippen molar-refractivity contribution in [1.29, 1.82) is 0 Å². The molecule has 4 unspecified atom stereocenters. The van der Waals surface area contributed by atoms with Crippen molar-refractivity contribution in [3.8, 4) is 0 Å². The van der Waals surface area contributed by atoms with Crippen LogP contribution in [-0.4, -0.2) is 53.3 Å². The van der Waals surface area contributed by atoms with Crippen molar-refractivity contribution in [2.45, 2.75) is 91.1 Å². The molecule has 2 aliphatic rings. The van der Waals surface area contributed by atoms with E-state index in [0.717, 1.165) is 5.01 Å². The smallest absolute Gasteiger partial charge is 0.425 e. The highest BCUT2D eigenvalue weighted by atomic mass is 16.6. The average Bonchev–Trinajstić information content (AvgIpc) is 2.89. The van der Waals surface area contributed by atoms with Crippen LogP contribution in [0, 0.1) is 23.7 Å². The molecule has 8 atom stereocenters. The third kappa shape index (κ3) is 4.64. The maximum Gasteiger partial charge on any atom is 0.425 e. The Hall–Kier alpha value is -1.67. The molecule has 8 heteroatoms. The normalized spacial score (nSPS) is 44.2. The van der Waals surface area contributed by atoms with E-state index in [-0.39, 0.29) is 29.5 Å². The molecule has 8 nitrogen and oxygen atoms in total. The molecule has 0 radical (unpaired) electrons. The van der Waals surface area contributed by atoms with Crippen molar-refractivity contribution in [3.63, 3.8) is 0 Å². The van der Waals surface area contributed by atoms with Gasteiger partial charge >= 0.3 is 12.1 Å². The van der Waals surface area contributed by atoms with Gasteiger partial charge in [-0.2, -0.15) is 0 Å². The van der Waals surface area contributed by atoms with Crippen molar-refractivity contribution < 1.29 is 28.6 Å². The molecular weight excluding hydrogens is 388 g/mol. The van der Waals surface area contributed by atoms with E-state index < -0.39 is 35.4 Å². The van der Waals surface area contributed by atoms with Crippen LogP contribution in [0.25, 0.3) is 0 Å². The Balaban J connectivity index is 2.47. The van der Waals surface area contributed by atoms with Crippen LogP contribution in [0.3, 0.4) is 0 Å². The number of ketones is 1. The molecule has 2 fully saturated rings. The lowest BCUT2D eigenvalue weighted by atomic mass is 9.75. The fourth-order valence-corrected chi connectivity index (χ4v) is 5.28. The lowest BCUT2D eigenvalue weighted by Crippen LogP contribution is -2.58. The molecule has 1 amide bonds. The number of methoxy groups -OCH3 is 1. The molecule has 30 heavy (non-hydrogen) atoms. The first-order chi connectivity index (χ1) is 13.8. The first-order valence-electron chi connectivity index (χ1n) is 10.8. The maximum absolute atomic E-state index is 13.3. The standard InChI is InChI=1S/C22H38N2O6/c1-12-9-13(2)19(26)29-16(5)22(7)18(24(23)20(27)30-22)15(4)17(25)14(3)11-21(6,10-12)28-8/h12-16,18H,9-11,23H2,1-8H3/t12-,13?,14+,15+,16?,18?,21?,22-/m1/s1. The second kappa shape index (κ2) is 8.83. The number of esters is 1. The van der Waals surface area contributed by atoms with Gasteiger partial charge in [-0.15, -0.1) is 0 Å².